The monoisotopic (exact) mass is 240 g/mol. The Labute approximate surface area is 100 Å². The highest BCUT2D eigenvalue weighted by Crippen LogP contribution is 2.15. The number of nitriles is 1. The van der Waals surface area contributed by atoms with E-state index >= 15 is 0 Å². The Morgan fingerprint density at radius 3 is 2.88 bits per heavy atom. The van der Waals surface area contributed by atoms with Crippen LogP contribution in [0, 0.1) is 17.1 Å². The molecule has 0 bridgehead atoms. The van der Waals surface area contributed by atoms with Gasteiger partial charge < -0.3 is 5.32 Å². The van der Waals surface area contributed by atoms with Crippen LogP contribution in [0.15, 0.2) is 18.2 Å². The molecule has 2 nitrogen and oxygen atoms in total. The lowest BCUT2D eigenvalue weighted by atomic mass is 10.2. The first-order valence-corrected chi connectivity index (χ1v) is 5.63. The maximum Gasteiger partial charge on any atom is 0.141 e. The molecule has 1 N–H and O–H groups in total. The SMILES string of the molecule is N#CCCCCNCc1ccc(F)c(Cl)c1. The Bertz CT molecular complexity index is 374. The molecular formula is C12H14ClFN2. The molecule has 0 saturated heterocycles. The number of hydrogen-bond acceptors (Lipinski definition) is 2. The van der Waals surface area contributed by atoms with E-state index in [0.29, 0.717) is 13.0 Å². The summed E-state index contributed by atoms with van der Waals surface area (Å²) >= 11 is 5.66. The Kier molecular flexibility index (Phi) is 5.84. The first-order valence-electron chi connectivity index (χ1n) is 5.25. The largest absolute Gasteiger partial charge is 0.313 e. The van der Waals surface area contributed by atoms with Crippen LogP contribution in [0.25, 0.3) is 0 Å². The molecule has 0 spiro atoms. The van der Waals surface area contributed by atoms with Crippen molar-refractivity contribution in [1.82, 2.24) is 5.32 Å². The predicted molar refractivity (Wildman–Crippen MR) is 62.6 cm³/mol. The molecule has 0 aliphatic rings. The molecule has 0 aromatic heterocycles. The summed E-state index contributed by atoms with van der Waals surface area (Å²) in [5, 5.41) is 11.7. The van der Waals surface area contributed by atoms with E-state index in [4.69, 9.17) is 16.9 Å². The van der Waals surface area contributed by atoms with Crippen molar-refractivity contribution in [1.29, 1.82) is 5.26 Å². The van der Waals surface area contributed by atoms with Crippen molar-refractivity contribution in [2.45, 2.75) is 25.8 Å². The molecule has 0 amide bonds. The summed E-state index contributed by atoms with van der Waals surface area (Å²) < 4.78 is 12.8. The zero-order chi connectivity index (χ0) is 11.8. The molecular weight excluding hydrogens is 227 g/mol. The second kappa shape index (κ2) is 7.21. The third-order valence-corrected chi connectivity index (χ3v) is 2.49. The fraction of sp³-hybridized carbons (Fsp3) is 0.417. The van der Waals surface area contributed by atoms with Gasteiger partial charge in [0.25, 0.3) is 0 Å². The van der Waals surface area contributed by atoms with Crippen LogP contribution in [0.2, 0.25) is 5.02 Å². The van der Waals surface area contributed by atoms with Gasteiger partial charge in [-0.2, -0.15) is 5.26 Å². The Balaban J connectivity index is 2.22. The van der Waals surface area contributed by atoms with E-state index < -0.39 is 0 Å². The topological polar surface area (TPSA) is 35.8 Å². The van der Waals surface area contributed by atoms with Gasteiger partial charge in [0.05, 0.1) is 11.1 Å². The van der Waals surface area contributed by atoms with E-state index in [-0.39, 0.29) is 10.8 Å². The van der Waals surface area contributed by atoms with Crippen molar-refractivity contribution in [3.63, 3.8) is 0 Å². The molecule has 0 fully saturated rings. The van der Waals surface area contributed by atoms with E-state index in [2.05, 4.69) is 11.4 Å². The van der Waals surface area contributed by atoms with Gasteiger partial charge in [-0.05, 0) is 37.1 Å². The highest BCUT2D eigenvalue weighted by molar-refractivity contribution is 6.30. The molecule has 1 aromatic carbocycles. The van der Waals surface area contributed by atoms with Gasteiger partial charge in [0.15, 0.2) is 0 Å². The normalized spacial score (nSPS) is 10.1. The molecule has 1 rings (SSSR count). The number of benzene rings is 1. The minimum atomic E-state index is -0.389. The van der Waals surface area contributed by atoms with Crippen LogP contribution in [-0.2, 0) is 6.54 Å². The fourth-order valence-electron chi connectivity index (χ4n) is 1.34. The van der Waals surface area contributed by atoms with Crippen LogP contribution in [-0.4, -0.2) is 6.54 Å². The average Bonchev–Trinajstić information content (AvgIpc) is 2.28. The quantitative estimate of drug-likeness (QED) is 0.775. The van der Waals surface area contributed by atoms with Crippen LogP contribution in [0.3, 0.4) is 0 Å². The highest BCUT2D eigenvalue weighted by Gasteiger charge is 2.00. The summed E-state index contributed by atoms with van der Waals surface area (Å²) in [4.78, 5) is 0. The molecule has 86 valence electrons. The second-order valence-corrected chi connectivity index (χ2v) is 3.95. The number of nitrogens with one attached hydrogen (secondary N) is 1. The number of hydrogen-bond donors (Lipinski definition) is 1. The van der Waals surface area contributed by atoms with Gasteiger partial charge in [-0.3, -0.25) is 0 Å². The van der Waals surface area contributed by atoms with Crippen molar-refractivity contribution in [3.8, 4) is 6.07 Å². The zero-order valence-corrected chi connectivity index (χ0v) is 9.73. The zero-order valence-electron chi connectivity index (χ0n) is 8.97. The average molecular weight is 241 g/mol. The van der Waals surface area contributed by atoms with E-state index in [1.54, 1.807) is 12.1 Å². The lowest BCUT2D eigenvalue weighted by molar-refractivity contribution is 0.618. The van der Waals surface area contributed by atoms with Crippen LogP contribution < -0.4 is 5.32 Å². The summed E-state index contributed by atoms with van der Waals surface area (Å²) in [7, 11) is 0. The summed E-state index contributed by atoms with van der Waals surface area (Å²) in [6.45, 7) is 1.53. The predicted octanol–water partition coefficient (Wildman–Crippen LogP) is 3.26. The van der Waals surface area contributed by atoms with Gasteiger partial charge in [0.1, 0.15) is 5.82 Å². The Morgan fingerprint density at radius 2 is 2.19 bits per heavy atom. The van der Waals surface area contributed by atoms with Gasteiger partial charge in [0, 0.05) is 13.0 Å². The number of unbranched alkanes of at least 4 members (excludes halogenated alkanes) is 2. The van der Waals surface area contributed by atoms with E-state index in [9.17, 15) is 4.39 Å². The summed E-state index contributed by atoms with van der Waals surface area (Å²) in [5.41, 5.74) is 0.965. The summed E-state index contributed by atoms with van der Waals surface area (Å²) in [6.07, 6.45) is 2.49. The third-order valence-electron chi connectivity index (χ3n) is 2.21. The molecule has 0 heterocycles. The number of halogens is 2. The van der Waals surface area contributed by atoms with E-state index in [1.807, 2.05) is 0 Å². The van der Waals surface area contributed by atoms with Gasteiger partial charge >= 0.3 is 0 Å². The standard InChI is InChI=1S/C12H14ClFN2/c13-11-8-10(4-5-12(11)14)9-16-7-3-1-2-6-15/h4-5,8,16H,1-3,7,9H2. The Hall–Kier alpha value is -1.11. The van der Waals surface area contributed by atoms with Gasteiger partial charge in [-0.1, -0.05) is 17.7 Å². The van der Waals surface area contributed by atoms with Crippen LogP contribution in [0.1, 0.15) is 24.8 Å². The van der Waals surface area contributed by atoms with Crippen LogP contribution in [0.5, 0.6) is 0 Å². The first-order chi connectivity index (χ1) is 7.74. The fourth-order valence-corrected chi connectivity index (χ4v) is 1.54. The maximum atomic E-state index is 12.8. The Morgan fingerprint density at radius 1 is 1.38 bits per heavy atom. The van der Waals surface area contributed by atoms with Crippen LogP contribution in [0.4, 0.5) is 4.39 Å². The van der Waals surface area contributed by atoms with Gasteiger partial charge in [-0.15, -0.1) is 0 Å². The van der Waals surface area contributed by atoms with Crippen molar-refractivity contribution >= 4 is 11.6 Å². The van der Waals surface area contributed by atoms with Gasteiger partial charge in [0.2, 0.25) is 0 Å². The molecule has 0 atom stereocenters. The minimum Gasteiger partial charge on any atom is -0.313 e. The minimum absolute atomic E-state index is 0.156. The third kappa shape index (κ3) is 4.61. The molecule has 0 aliphatic carbocycles. The van der Waals surface area contributed by atoms with Crippen molar-refractivity contribution in [2.24, 2.45) is 0 Å². The van der Waals surface area contributed by atoms with Crippen molar-refractivity contribution in [3.05, 3.63) is 34.6 Å². The summed E-state index contributed by atoms with van der Waals surface area (Å²) in [5.74, 6) is -0.389. The van der Waals surface area contributed by atoms with E-state index in [0.717, 1.165) is 24.9 Å². The molecule has 1 aromatic rings. The molecule has 0 aliphatic heterocycles. The van der Waals surface area contributed by atoms with Crippen molar-refractivity contribution < 1.29 is 4.39 Å². The molecule has 0 radical (unpaired) electrons. The van der Waals surface area contributed by atoms with Crippen LogP contribution >= 0.6 is 11.6 Å². The molecule has 4 heteroatoms. The van der Waals surface area contributed by atoms with Crippen molar-refractivity contribution in [2.75, 3.05) is 6.54 Å². The maximum absolute atomic E-state index is 12.8. The van der Waals surface area contributed by atoms with Gasteiger partial charge in [-0.25, -0.2) is 4.39 Å². The molecule has 0 unspecified atom stereocenters. The lowest BCUT2D eigenvalue weighted by Gasteiger charge is -2.04. The summed E-state index contributed by atoms with van der Waals surface area (Å²) in [6, 6.07) is 6.81. The number of rotatable bonds is 6. The lowest BCUT2D eigenvalue weighted by Crippen LogP contribution is -2.14. The molecule has 0 saturated carbocycles. The highest BCUT2D eigenvalue weighted by atomic mass is 35.5. The smallest absolute Gasteiger partial charge is 0.141 e. The van der Waals surface area contributed by atoms with E-state index in [1.165, 1.54) is 6.07 Å². The second-order valence-electron chi connectivity index (χ2n) is 3.54. The molecule has 16 heavy (non-hydrogen) atoms. The number of nitrogens with zero attached hydrogens (tertiary/aromatic N) is 1. The first kappa shape index (κ1) is 13.0.